The molecule has 0 spiro atoms. The standard InChI is InChI=1S/C23H34O2/c1-7-16-25-22(24)17-19(3)11-8-10-18(2)13-14-21-20(4)12-9-15-23(21,5)6/h8,10-11,13-14,17H,7,9,12,15-16H2,1-6H3. The van der Waals surface area contributed by atoms with E-state index >= 15 is 0 Å². The van der Waals surface area contributed by atoms with Crippen LogP contribution in [0.15, 0.2) is 58.7 Å². The SMILES string of the molecule is CCCOC(=O)C=C(C)C=CC=C(C)C=CC1=C(C)CCCC1(C)C. The highest BCUT2D eigenvalue weighted by Gasteiger charge is 2.26. The van der Waals surface area contributed by atoms with Crippen LogP contribution in [0.5, 0.6) is 0 Å². The highest BCUT2D eigenvalue weighted by Crippen LogP contribution is 2.40. The van der Waals surface area contributed by atoms with Crippen molar-refractivity contribution in [1.82, 2.24) is 0 Å². The van der Waals surface area contributed by atoms with E-state index in [0.717, 1.165) is 12.0 Å². The van der Waals surface area contributed by atoms with Crippen molar-refractivity contribution in [1.29, 1.82) is 0 Å². The first kappa shape index (κ1) is 21.2. The number of esters is 1. The number of carbonyl (C=O) groups is 1. The molecule has 1 aliphatic carbocycles. The monoisotopic (exact) mass is 342 g/mol. The van der Waals surface area contributed by atoms with E-state index in [4.69, 9.17) is 4.74 Å². The summed E-state index contributed by atoms with van der Waals surface area (Å²) in [6.45, 7) is 13.4. The van der Waals surface area contributed by atoms with Crippen LogP contribution in [0.2, 0.25) is 0 Å². The normalized spacial score (nSPS) is 19.1. The highest BCUT2D eigenvalue weighted by atomic mass is 16.5. The first-order valence-electron chi connectivity index (χ1n) is 9.34. The molecule has 0 saturated heterocycles. The van der Waals surface area contributed by atoms with Crippen LogP contribution in [0.25, 0.3) is 0 Å². The molecule has 0 aromatic carbocycles. The molecule has 1 rings (SSSR count). The third-order valence-electron chi connectivity index (χ3n) is 4.57. The van der Waals surface area contributed by atoms with Crippen LogP contribution in [0.4, 0.5) is 0 Å². The lowest BCUT2D eigenvalue weighted by molar-refractivity contribution is -0.137. The second-order valence-corrected chi connectivity index (χ2v) is 7.59. The van der Waals surface area contributed by atoms with Crippen molar-refractivity contribution in [3.05, 3.63) is 58.7 Å². The van der Waals surface area contributed by atoms with Crippen LogP contribution >= 0.6 is 0 Å². The van der Waals surface area contributed by atoms with E-state index in [2.05, 4.69) is 45.9 Å². The van der Waals surface area contributed by atoms with Gasteiger partial charge in [0, 0.05) is 6.08 Å². The number of ether oxygens (including phenoxy) is 1. The van der Waals surface area contributed by atoms with Gasteiger partial charge < -0.3 is 4.74 Å². The summed E-state index contributed by atoms with van der Waals surface area (Å²) in [6.07, 6.45) is 16.6. The van der Waals surface area contributed by atoms with Crippen molar-refractivity contribution in [2.45, 2.75) is 67.2 Å². The van der Waals surface area contributed by atoms with Gasteiger partial charge in [-0.1, -0.05) is 62.3 Å². The Kier molecular flexibility index (Phi) is 8.68. The maximum Gasteiger partial charge on any atom is 0.331 e. The van der Waals surface area contributed by atoms with Gasteiger partial charge in [0.2, 0.25) is 0 Å². The van der Waals surface area contributed by atoms with Gasteiger partial charge >= 0.3 is 5.97 Å². The average Bonchev–Trinajstić information content (AvgIpc) is 2.51. The van der Waals surface area contributed by atoms with Crippen LogP contribution in [0.3, 0.4) is 0 Å². The minimum atomic E-state index is -0.272. The molecule has 2 heteroatoms. The Bertz CT molecular complexity index is 610. The van der Waals surface area contributed by atoms with Gasteiger partial charge in [0.15, 0.2) is 0 Å². The maximum atomic E-state index is 11.5. The van der Waals surface area contributed by atoms with Crippen molar-refractivity contribution in [3.63, 3.8) is 0 Å². The average molecular weight is 343 g/mol. The summed E-state index contributed by atoms with van der Waals surface area (Å²) in [5, 5.41) is 0. The Morgan fingerprint density at radius 1 is 1.20 bits per heavy atom. The number of rotatable bonds is 7. The van der Waals surface area contributed by atoms with Gasteiger partial charge in [0.25, 0.3) is 0 Å². The van der Waals surface area contributed by atoms with E-state index in [0.29, 0.717) is 6.61 Å². The number of allylic oxidation sites excluding steroid dienone is 9. The molecule has 0 radical (unpaired) electrons. The number of hydrogen-bond donors (Lipinski definition) is 0. The van der Waals surface area contributed by atoms with Crippen LogP contribution in [0, 0.1) is 5.41 Å². The van der Waals surface area contributed by atoms with Gasteiger partial charge in [0.05, 0.1) is 6.61 Å². The Labute approximate surface area is 154 Å². The molecule has 0 heterocycles. The van der Waals surface area contributed by atoms with Crippen molar-refractivity contribution in [2.24, 2.45) is 5.41 Å². The van der Waals surface area contributed by atoms with Gasteiger partial charge in [-0.15, -0.1) is 0 Å². The van der Waals surface area contributed by atoms with Crippen molar-refractivity contribution >= 4 is 5.97 Å². The smallest absolute Gasteiger partial charge is 0.331 e. The van der Waals surface area contributed by atoms with Crippen LogP contribution in [-0.4, -0.2) is 12.6 Å². The lowest BCUT2D eigenvalue weighted by Gasteiger charge is -2.32. The molecular formula is C23H34O2. The summed E-state index contributed by atoms with van der Waals surface area (Å²) < 4.78 is 5.04. The first-order chi connectivity index (χ1) is 11.8. The van der Waals surface area contributed by atoms with Crippen LogP contribution in [0.1, 0.15) is 67.2 Å². The predicted molar refractivity (Wildman–Crippen MR) is 107 cm³/mol. The zero-order valence-electron chi connectivity index (χ0n) is 16.8. The van der Waals surface area contributed by atoms with Gasteiger partial charge in [-0.3, -0.25) is 0 Å². The van der Waals surface area contributed by atoms with E-state index in [9.17, 15) is 4.79 Å². The van der Waals surface area contributed by atoms with E-state index in [1.807, 2.05) is 26.0 Å². The summed E-state index contributed by atoms with van der Waals surface area (Å²) in [5.41, 5.74) is 5.35. The van der Waals surface area contributed by atoms with Crippen LogP contribution in [-0.2, 0) is 9.53 Å². The molecule has 0 bridgehead atoms. The van der Waals surface area contributed by atoms with Gasteiger partial charge in [0.1, 0.15) is 0 Å². The molecule has 0 atom stereocenters. The Balaban J connectivity index is 2.69. The molecule has 25 heavy (non-hydrogen) atoms. The molecule has 0 saturated carbocycles. The Morgan fingerprint density at radius 2 is 1.92 bits per heavy atom. The molecule has 0 unspecified atom stereocenters. The summed E-state index contributed by atoms with van der Waals surface area (Å²) in [7, 11) is 0. The molecule has 0 aromatic heterocycles. The molecule has 1 aliphatic rings. The molecule has 2 nitrogen and oxygen atoms in total. The van der Waals surface area contributed by atoms with Crippen molar-refractivity contribution < 1.29 is 9.53 Å². The molecule has 0 aliphatic heterocycles. The van der Waals surface area contributed by atoms with Crippen molar-refractivity contribution in [2.75, 3.05) is 6.61 Å². The third kappa shape index (κ3) is 7.72. The molecule has 0 N–H and O–H groups in total. The van der Waals surface area contributed by atoms with E-state index in [-0.39, 0.29) is 11.4 Å². The van der Waals surface area contributed by atoms with Gasteiger partial charge in [-0.25, -0.2) is 4.79 Å². The second kappa shape index (κ2) is 10.2. The molecular weight excluding hydrogens is 308 g/mol. The molecule has 0 fully saturated rings. The predicted octanol–water partition coefficient (Wildman–Crippen LogP) is 6.47. The maximum absolute atomic E-state index is 11.5. The lowest BCUT2D eigenvalue weighted by atomic mass is 9.72. The molecule has 138 valence electrons. The fourth-order valence-electron chi connectivity index (χ4n) is 3.11. The Morgan fingerprint density at radius 3 is 2.56 bits per heavy atom. The first-order valence-corrected chi connectivity index (χ1v) is 9.34. The largest absolute Gasteiger partial charge is 0.463 e. The zero-order chi connectivity index (χ0) is 18.9. The van der Waals surface area contributed by atoms with Crippen molar-refractivity contribution in [3.8, 4) is 0 Å². The topological polar surface area (TPSA) is 26.3 Å². The summed E-state index contributed by atoms with van der Waals surface area (Å²) >= 11 is 0. The quantitative estimate of drug-likeness (QED) is 0.301. The zero-order valence-corrected chi connectivity index (χ0v) is 16.8. The fraction of sp³-hybridized carbons (Fsp3) is 0.522. The van der Waals surface area contributed by atoms with E-state index in [1.54, 1.807) is 0 Å². The van der Waals surface area contributed by atoms with Crippen LogP contribution < -0.4 is 0 Å². The van der Waals surface area contributed by atoms with Gasteiger partial charge in [-0.2, -0.15) is 0 Å². The summed E-state index contributed by atoms with van der Waals surface area (Å²) in [5.74, 6) is -0.272. The Hall–Kier alpha value is -1.83. The van der Waals surface area contributed by atoms with E-state index in [1.165, 1.54) is 42.1 Å². The molecule has 0 amide bonds. The van der Waals surface area contributed by atoms with Gasteiger partial charge in [-0.05, 0) is 63.0 Å². The lowest BCUT2D eigenvalue weighted by Crippen LogP contribution is -2.19. The minimum Gasteiger partial charge on any atom is -0.463 e. The fourth-order valence-corrected chi connectivity index (χ4v) is 3.11. The third-order valence-corrected chi connectivity index (χ3v) is 4.57. The molecule has 0 aromatic rings. The number of hydrogen-bond acceptors (Lipinski definition) is 2. The second-order valence-electron chi connectivity index (χ2n) is 7.59. The minimum absolute atomic E-state index is 0.271. The summed E-state index contributed by atoms with van der Waals surface area (Å²) in [6, 6.07) is 0. The van der Waals surface area contributed by atoms with E-state index < -0.39 is 0 Å². The summed E-state index contributed by atoms with van der Waals surface area (Å²) in [4.78, 5) is 11.5. The highest BCUT2D eigenvalue weighted by molar-refractivity contribution is 5.83. The number of carbonyl (C=O) groups excluding carboxylic acids is 1.